The quantitative estimate of drug-likeness (QED) is 0.745. The highest BCUT2D eigenvalue weighted by Gasteiger charge is 2.30. The molecule has 2 heterocycles. The van der Waals surface area contributed by atoms with E-state index in [2.05, 4.69) is 10.1 Å². The summed E-state index contributed by atoms with van der Waals surface area (Å²) in [6.45, 7) is 3.84. The van der Waals surface area contributed by atoms with Gasteiger partial charge in [0.05, 0.1) is 20.3 Å². The van der Waals surface area contributed by atoms with E-state index in [0.29, 0.717) is 24.9 Å². The zero-order valence-electron chi connectivity index (χ0n) is 14.6. The highest BCUT2D eigenvalue weighted by molar-refractivity contribution is 5.75. The number of benzene rings is 1. The Morgan fingerprint density at radius 1 is 1.32 bits per heavy atom. The van der Waals surface area contributed by atoms with E-state index < -0.39 is 0 Å². The van der Waals surface area contributed by atoms with Gasteiger partial charge in [-0.15, -0.1) is 0 Å². The Morgan fingerprint density at radius 2 is 2.12 bits per heavy atom. The molecule has 1 fully saturated rings. The third kappa shape index (κ3) is 4.17. The van der Waals surface area contributed by atoms with Crippen LogP contribution in [0.15, 0.2) is 28.8 Å². The maximum Gasteiger partial charge on any atom is 0.323 e. The van der Waals surface area contributed by atoms with Gasteiger partial charge in [-0.2, -0.15) is 4.98 Å². The number of rotatable bonds is 6. The Kier molecular flexibility index (Phi) is 5.65. The molecule has 25 heavy (non-hydrogen) atoms. The third-order valence-corrected chi connectivity index (χ3v) is 4.32. The van der Waals surface area contributed by atoms with Crippen molar-refractivity contribution in [2.75, 3.05) is 20.3 Å². The maximum atomic E-state index is 11.9. The summed E-state index contributed by atoms with van der Waals surface area (Å²) < 4.78 is 15.7. The van der Waals surface area contributed by atoms with Gasteiger partial charge in [0.25, 0.3) is 0 Å². The molecular weight excluding hydrogens is 322 g/mol. The van der Waals surface area contributed by atoms with Gasteiger partial charge in [0.2, 0.25) is 11.7 Å². The van der Waals surface area contributed by atoms with Crippen molar-refractivity contribution < 1.29 is 18.8 Å². The van der Waals surface area contributed by atoms with E-state index in [0.717, 1.165) is 37.1 Å². The fraction of sp³-hybridized carbons (Fsp3) is 0.500. The lowest BCUT2D eigenvalue weighted by atomic mass is 10.0. The molecule has 0 radical (unpaired) electrons. The van der Waals surface area contributed by atoms with Crippen molar-refractivity contribution in [2.24, 2.45) is 0 Å². The predicted molar refractivity (Wildman–Crippen MR) is 91.0 cm³/mol. The number of hydrogen-bond donors (Lipinski definition) is 0. The summed E-state index contributed by atoms with van der Waals surface area (Å²) in [6, 6.07) is 7.33. The zero-order valence-corrected chi connectivity index (χ0v) is 14.6. The normalized spacial score (nSPS) is 18.1. The molecule has 7 heteroatoms. The molecular formula is C18H23N3O4. The summed E-state index contributed by atoms with van der Waals surface area (Å²) in [4.78, 5) is 18.4. The Labute approximate surface area is 146 Å². The minimum atomic E-state index is -0.237. The predicted octanol–water partition coefficient (Wildman–Crippen LogP) is 2.66. The number of methoxy groups -OCH3 is 1. The van der Waals surface area contributed by atoms with Gasteiger partial charge in [0.1, 0.15) is 11.8 Å². The lowest BCUT2D eigenvalue weighted by Crippen LogP contribution is -2.44. The molecule has 1 aliphatic rings. The molecule has 2 aromatic rings. The summed E-state index contributed by atoms with van der Waals surface area (Å²) in [5.74, 6) is 1.64. The molecule has 1 atom stereocenters. The molecule has 1 saturated heterocycles. The second-order valence-corrected chi connectivity index (χ2v) is 5.97. The van der Waals surface area contributed by atoms with Gasteiger partial charge in [-0.05, 0) is 50.6 Å². The molecule has 7 nitrogen and oxygen atoms in total. The number of likely N-dealkylation sites (tertiary alicyclic amines) is 1. The first-order valence-electron chi connectivity index (χ1n) is 8.59. The number of esters is 1. The van der Waals surface area contributed by atoms with Crippen LogP contribution in [0.1, 0.15) is 32.1 Å². The van der Waals surface area contributed by atoms with Gasteiger partial charge in [0.15, 0.2) is 0 Å². The van der Waals surface area contributed by atoms with E-state index in [9.17, 15) is 4.79 Å². The van der Waals surface area contributed by atoms with E-state index in [1.54, 1.807) is 0 Å². The van der Waals surface area contributed by atoms with Gasteiger partial charge < -0.3 is 14.0 Å². The standard InChI is InChI=1S/C18H23N3O4/c1-3-24-14-9-7-13(8-10-14)17-19-16(25-20-17)12-21-11-5-4-6-15(21)18(22)23-2/h7-10,15H,3-6,11-12H2,1-2H3. The lowest BCUT2D eigenvalue weighted by molar-refractivity contribution is -0.148. The molecule has 0 aliphatic carbocycles. The number of carbonyl (C=O) groups is 1. The number of aromatic nitrogens is 2. The van der Waals surface area contributed by atoms with Crippen molar-refractivity contribution in [3.05, 3.63) is 30.2 Å². The number of hydrogen-bond acceptors (Lipinski definition) is 7. The van der Waals surface area contributed by atoms with Crippen LogP contribution in [0.2, 0.25) is 0 Å². The van der Waals surface area contributed by atoms with Crippen LogP contribution < -0.4 is 4.74 Å². The number of ether oxygens (including phenoxy) is 2. The molecule has 1 aromatic heterocycles. The number of nitrogens with zero attached hydrogens (tertiary/aromatic N) is 3. The Hall–Kier alpha value is -2.41. The fourth-order valence-corrected chi connectivity index (χ4v) is 3.06. The summed E-state index contributed by atoms with van der Waals surface area (Å²) in [5.41, 5.74) is 0.863. The van der Waals surface area contributed by atoms with Crippen LogP contribution >= 0.6 is 0 Å². The first-order chi connectivity index (χ1) is 12.2. The highest BCUT2D eigenvalue weighted by Crippen LogP contribution is 2.23. The van der Waals surface area contributed by atoms with Crippen LogP contribution in [0.3, 0.4) is 0 Å². The van der Waals surface area contributed by atoms with E-state index >= 15 is 0 Å². The Balaban J connectivity index is 1.69. The second-order valence-electron chi connectivity index (χ2n) is 5.97. The maximum absolute atomic E-state index is 11.9. The van der Waals surface area contributed by atoms with Crippen molar-refractivity contribution in [1.82, 2.24) is 15.0 Å². The van der Waals surface area contributed by atoms with Crippen LogP contribution in [-0.4, -0.2) is 47.3 Å². The third-order valence-electron chi connectivity index (χ3n) is 4.32. The first kappa shape index (κ1) is 17.4. The SMILES string of the molecule is CCOc1ccc(-c2noc(CN3CCCCC3C(=O)OC)n2)cc1. The molecule has 3 rings (SSSR count). The van der Waals surface area contributed by atoms with Gasteiger partial charge in [0, 0.05) is 5.56 Å². The number of piperidine rings is 1. The minimum absolute atomic E-state index is 0.203. The Morgan fingerprint density at radius 3 is 2.84 bits per heavy atom. The van der Waals surface area contributed by atoms with Crippen LogP contribution in [-0.2, 0) is 16.1 Å². The van der Waals surface area contributed by atoms with Crippen molar-refractivity contribution >= 4 is 5.97 Å². The zero-order chi connectivity index (χ0) is 17.6. The van der Waals surface area contributed by atoms with Gasteiger partial charge in [-0.25, -0.2) is 0 Å². The fourth-order valence-electron chi connectivity index (χ4n) is 3.06. The molecule has 0 bridgehead atoms. The largest absolute Gasteiger partial charge is 0.494 e. The van der Waals surface area contributed by atoms with E-state index in [-0.39, 0.29) is 12.0 Å². The van der Waals surface area contributed by atoms with Crippen molar-refractivity contribution in [1.29, 1.82) is 0 Å². The lowest BCUT2D eigenvalue weighted by Gasteiger charge is -2.32. The Bertz CT molecular complexity index is 699. The van der Waals surface area contributed by atoms with Crippen LogP contribution in [0.5, 0.6) is 5.75 Å². The van der Waals surface area contributed by atoms with Crippen molar-refractivity contribution in [2.45, 2.75) is 38.8 Å². The molecule has 134 valence electrons. The molecule has 0 N–H and O–H groups in total. The molecule has 1 unspecified atom stereocenters. The second kappa shape index (κ2) is 8.11. The molecule has 0 saturated carbocycles. The minimum Gasteiger partial charge on any atom is -0.494 e. The summed E-state index contributed by atoms with van der Waals surface area (Å²) in [5, 5.41) is 4.05. The summed E-state index contributed by atoms with van der Waals surface area (Å²) >= 11 is 0. The van der Waals surface area contributed by atoms with Gasteiger partial charge >= 0.3 is 5.97 Å². The van der Waals surface area contributed by atoms with Crippen LogP contribution in [0.4, 0.5) is 0 Å². The van der Waals surface area contributed by atoms with E-state index in [1.807, 2.05) is 36.1 Å². The monoisotopic (exact) mass is 345 g/mol. The van der Waals surface area contributed by atoms with E-state index in [1.165, 1.54) is 7.11 Å². The smallest absolute Gasteiger partial charge is 0.323 e. The summed E-state index contributed by atoms with van der Waals surface area (Å²) in [6.07, 6.45) is 2.87. The van der Waals surface area contributed by atoms with Gasteiger partial charge in [-0.3, -0.25) is 9.69 Å². The summed E-state index contributed by atoms with van der Waals surface area (Å²) in [7, 11) is 1.42. The molecule has 1 aliphatic heterocycles. The molecule has 1 aromatic carbocycles. The van der Waals surface area contributed by atoms with Crippen molar-refractivity contribution in [3.63, 3.8) is 0 Å². The molecule has 0 spiro atoms. The van der Waals surface area contributed by atoms with Crippen molar-refractivity contribution in [3.8, 4) is 17.1 Å². The first-order valence-corrected chi connectivity index (χ1v) is 8.59. The average Bonchev–Trinajstić information content (AvgIpc) is 3.11. The highest BCUT2D eigenvalue weighted by atomic mass is 16.5. The van der Waals surface area contributed by atoms with Gasteiger partial charge in [-0.1, -0.05) is 11.6 Å². The average molecular weight is 345 g/mol. The molecule has 0 amide bonds. The van der Waals surface area contributed by atoms with E-state index in [4.69, 9.17) is 14.0 Å². The van der Waals surface area contributed by atoms with Crippen LogP contribution in [0, 0.1) is 0 Å². The number of carbonyl (C=O) groups excluding carboxylic acids is 1. The van der Waals surface area contributed by atoms with Crippen LogP contribution in [0.25, 0.3) is 11.4 Å². The topological polar surface area (TPSA) is 77.7 Å².